The van der Waals surface area contributed by atoms with Crippen molar-refractivity contribution in [1.82, 2.24) is 0 Å². The van der Waals surface area contributed by atoms with Crippen molar-refractivity contribution in [3.63, 3.8) is 0 Å². The Labute approximate surface area is 70.0 Å². The van der Waals surface area contributed by atoms with E-state index in [0.29, 0.717) is 0 Å². The number of likely N-dealkylation sites (N-methyl/N-ethyl adjacent to an activating group) is 1. The van der Waals surface area contributed by atoms with Crippen LogP contribution in [-0.2, 0) is 0 Å². The van der Waals surface area contributed by atoms with E-state index in [1.165, 1.54) is 39.0 Å². The highest BCUT2D eigenvalue weighted by molar-refractivity contribution is 4.56. The highest BCUT2D eigenvalue weighted by Crippen LogP contribution is 1.93. The van der Waals surface area contributed by atoms with Crippen LogP contribution in [0.4, 0.5) is 0 Å². The smallest absolute Gasteiger partial charge is 0.136 e. The lowest BCUT2D eigenvalue weighted by Gasteiger charge is -2.17. The normalized spacial score (nSPS) is 24.8. The molecule has 1 aliphatic rings. The van der Waals surface area contributed by atoms with Gasteiger partial charge in [-0.05, 0) is 13.8 Å². The van der Waals surface area contributed by atoms with Crippen LogP contribution in [0.5, 0.6) is 0 Å². The van der Waals surface area contributed by atoms with Crippen LogP contribution in [0.25, 0.3) is 0 Å². The summed E-state index contributed by atoms with van der Waals surface area (Å²) in [5.41, 5.74) is 0. The van der Waals surface area contributed by atoms with Crippen molar-refractivity contribution in [2.24, 2.45) is 0 Å². The molecule has 1 rings (SSSR count). The van der Waals surface area contributed by atoms with Crippen molar-refractivity contribution >= 4 is 0 Å². The molecule has 1 aliphatic heterocycles. The number of nitrogens with one attached hydrogen (secondary N) is 1. The van der Waals surface area contributed by atoms with Gasteiger partial charge in [-0.25, -0.2) is 0 Å². The zero-order chi connectivity index (χ0) is 8.10. The Balaban J connectivity index is 2.16. The minimum Gasteiger partial charge on any atom is -0.339 e. The molecule has 0 aliphatic carbocycles. The Morgan fingerprint density at radius 1 is 1.36 bits per heavy atom. The third-order valence-corrected chi connectivity index (χ3v) is 2.83. The van der Waals surface area contributed by atoms with Gasteiger partial charge in [-0.1, -0.05) is 0 Å². The Kier molecular flexibility index (Phi) is 3.87. The van der Waals surface area contributed by atoms with E-state index in [2.05, 4.69) is 19.2 Å². The molecule has 0 saturated carbocycles. The second-order valence-corrected chi connectivity index (χ2v) is 3.59. The van der Waals surface area contributed by atoms with Gasteiger partial charge in [0.2, 0.25) is 0 Å². The summed E-state index contributed by atoms with van der Waals surface area (Å²) in [6, 6.07) is 0.935. The van der Waals surface area contributed by atoms with Crippen molar-refractivity contribution in [2.75, 3.05) is 26.2 Å². The topological polar surface area (TPSA) is 21.1 Å². The van der Waals surface area contributed by atoms with Gasteiger partial charge in [0, 0.05) is 12.8 Å². The number of hydrogen-bond donors (Lipinski definition) is 2. The molecular weight excluding hydrogens is 136 g/mol. The maximum absolute atomic E-state index is 2.52. The SMILES string of the molecule is CC[NH+](CC)C[C@@H]1CCC[NH2+]1. The van der Waals surface area contributed by atoms with Gasteiger partial charge < -0.3 is 10.2 Å². The molecule has 0 unspecified atom stereocenters. The fraction of sp³-hybridized carbons (Fsp3) is 1.00. The van der Waals surface area contributed by atoms with Gasteiger partial charge in [0.15, 0.2) is 0 Å². The van der Waals surface area contributed by atoms with Gasteiger partial charge >= 0.3 is 0 Å². The molecule has 0 spiro atoms. The molecule has 3 N–H and O–H groups in total. The van der Waals surface area contributed by atoms with Crippen molar-refractivity contribution in [2.45, 2.75) is 32.7 Å². The second kappa shape index (κ2) is 4.73. The summed E-state index contributed by atoms with van der Waals surface area (Å²) < 4.78 is 0. The predicted octanol–water partition coefficient (Wildman–Crippen LogP) is -1.36. The molecule has 66 valence electrons. The van der Waals surface area contributed by atoms with E-state index in [0.717, 1.165) is 6.04 Å². The van der Waals surface area contributed by atoms with Gasteiger partial charge in [-0.3, -0.25) is 0 Å². The highest BCUT2D eigenvalue weighted by Gasteiger charge is 2.22. The Morgan fingerprint density at radius 2 is 2.09 bits per heavy atom. The van der Waals surface area contributed by atoms with Crippen molar-refractivity contribution in [1.29, 1.82) is 0 Å². The lowest BCUT2D eigenvalue weighted by molar-refractivity contribution is -0.914. The van der Waals surface area contributed by atoms with Crippen LogP contribution < -0.4 is 10.2 Å². The van der Waals surface area contributed by atoms with Crippen molar-refractivity contribution < 1.29 is 10.2 Å². The average molecular weight is 158 g/mol. The van der Waals surface area contributed by atoms with E-state index in [9.17, 15) is 0 Å². The first-order valence-corrected chi connectivity index (χ1v) is 5.03. The third-order valence-electron chi connectivity index (χ3n) is 2.83. The van der Waals surface area contributed by atoms with Crippen LogP contribution in [-0.4, -0.2) is 32.2 Å². The molecule has 0 aromatic carbocycles. The second-order valence-electron chi connectivity index (χ2n) is 3.59. The van der Waals surface area contributed by atoms with E-state index in [1.807, 2.05) is 0 Å². The molecule has 0 aromatic heterocycles. The van der Waals surface area contributed by atoms with Crippen LogP contribution in [0.1, 0.15) is 26.7 Å². The van der Waals surface area contributed by atoms with Crippen LogP contribution >= 0.6 is 0 Å². The molecule has 2 nitrogen and oxygen atoms in total. The largest absolute Gasteiger partial charge is 0.339 e. The molecule has 1 heterocycles. The predicted molar refractivity (Wildman–Crippen MR) is 46.7 cm³/mol. The quantitative estimate of drug-likeness (QED) is 0.504. The summed E-state index contributed by atoms with van der Waals surface area (Å²) in [6.07, 6.45) is 2.88. The lowest BCUT2D eigenvalue weighted by Crippen LogP contribution is -3.15. The standard InChI is InChI=1S/C9H20N2/c1-3-11(4-2)8-9-6-5-7-10-9/h9-10H,3-8H2,1-2H3/p+2/t9-/m0/s1. The monoisotopic (exact) mass is 158 g/mol. The van der Waals surface area contributed by atoms with Crippen LogP contribution in [0.3, 0.4) is 0 Å². The molecule has 0 aromatic rings. The Morgan fingerprint density at radius 3 is 2.55 bits per heavy atom. The minimum absolute atomic E-state index is 0.935. The Bertz CT molecular complexity index is 93.7. The summed E-state index contributed by atoms with van der Waals surface area (Å²) in [7, 11) is 0. The van der Waals surface area contributed by atoms with E-state index in [1.54, 1.807) is 4.90 Å². The van der Waals surface area contributed by atoms with E-state index in [-0.39, 0.29) is 0 Å². The molecule has 0 bridgehead atoms. The van der Waals surface area contributed by atoms with Crippen molar-refractivity contribution in [3.05, 3.63) is 0 Å². The summed E-state index contributed by atoms with van der Waals surface area (Å²) in [6.45, 7) is 9.90. The maximum atomic E-state index is 2.52. The summed E-state index contributed by atoms with van der Waals surface area (Å²) in [5.74, 6) is 0. The van der Waals surface area contributed by atoms with Gasteiger partial charge in [0.25, 0.3) is 0 Å². The van der Waals surface area contributed by atoms with Gasteiger partial charge in [0.05, 0.1) is 19.6 Å². The molecule has 1 saturated heterocycles. The molecule has 2 heteroatoms. The van der Waals surface area contributed by atoms with Crippen LogP contribution in [0, 0.1) is 0 Å². The summed E-state index contributed by atoms with van der Waals surface area (Å²) in [5, 5.41) is 2.52. The fourth-order valence-electron chi connectivity index (χ4n) is 1.95. The van der Waals surface area contributed by atoms with Gasteiger partial charge in [0.1, 0.15) is 12.6 Å². The fourth-order valence-corrected chi connectivity index (χ4v) is 1.95. The first-order valence-electron chi connectivity index (χ1n) is 5.03. The number of hydrogen-bond acceptors (Lipinski definition) is 0. The third kappa shape index (κ3) is 2.80. The molecule has 1 atom stereocenters. The van der Waals surface area contributed by atoms with E-state index in [4.69, 9.17) is 0 Å². The first-order chi connectivity index (χ1) is 5.36. The highest BCUT2D eigenvalue weighted by atomic mass is 15.1. The van der Waals surface area contributed by atoms with E-state index < -0.39 is 0 Å². The molecule has 11 heavy (non-hydrogen) atoms. The summed E-state index contributed by atoms with van der Waals surface area (Å²) in [4.78, 5) is 1.76. The minimum atomic E-state index is 0.935. The average Bonchev–Trinajstić information content (AvgIpc) is 2.52. The zero-order valence-corrected chi connectivity index (χ0v) is 7.90. The number of nitrogens with two attached hydrogens (primary N) is 1. The molecule has 0 amide bonds. The lowest BCUT2D eigenvalue weighted by atomic mass is 10.2. The van der Waals surface area contributed by atoms with Crippen LogP contribution in [0.15, 0.2) is 0 Å². The molecular formula is C9H22N2+2. The zero-order valence-electron chi connectivity index (χ0n) is 7.90. The first kappa shape index (κ1) is 9.01. The maximum Gasteiger partial charge on any atom is 0.136 e. The van der Waals surface area contributed by atoms with Crippen LogP contribution in [0.2, 0.25) is 0 Å². The summed E-state index contributed by atoms with van der Waals surface area (Å²) >= 11 is 0. The number of rotatable bonds is 4. The number of quaternary nitrogens is 2. The molecule has 1 fully saturated rings. The van der Waals surface area contributed by atoms with Crippen molar-refractivity contribution in [3.8, 4) is 0 Å². The molecule has 0 radical (unpaired) electrons. The Hall–Kier alpha value is -0.0800. The van der Waals surface area contributed by atoms with E-state index >= 15 is 0 Å². The van der Waals surface area contributed by atoms with Gasteiger partial charge in [-0.2, -0.15) is 0 Å². The van der Waals surface area contributed by atoms with Gasteiger partial charge in [-0.15, -0.1) is 0 Å².